The van der Waals surface area contributed by atoms with Crippen LogP contribution < -0.4 is 0 Å². The van der Waals surface area contributed by atoms with Gasteiger partial charge in [-0.25, -0.2) is 4.79 Å². The smallest absolute Gasteiger partial charge is 0.355 e. The molecule has 2 fully saturated rings. The number of para-hydroxylation sites is 1. The molecule has 1 aliphatic carbocycles. The highest BCUT2D eigenvalue weighted by Crippen LogP contribution is 2.53. The molecule has 0 unspecified atom stereocenters. The number of hydrogen-bond acceptors (Lipinski definition) is 3. The molecule has 23 heavy (non-hydrogen) atoms. The summed E-state index contributed by atoms with van der Waals surface area (Å²) < 4.78 is 13.7. The number of fused-ring (bicyclic) bond motifs is 2. The van der Waals surface area contributed by atoms with Crippen molar-refractivity contribution in [1.82, 2.24) is 4.57 Å². The van der Waals surface area contributed by atoms with E-state index in [1.165, 1.54) is 0 Å². The summed E-state index contributed by atoms with van der Waals surface area (Å²) in [5, 5.41) is 1.06. The van der Waals surface area contributed by atoms with E-state index in [9.17, 15) is 4.79 Å². The Balaban J connectivity index is 1.58. The van der Waals surface area contributed by atoms with E-state index in [0.29, 0.717) is 11.6 Å². The predicted octanol–water partition coefficient (Wildman–Crippen LogP) is 3.54. The summed E-state index contributed by atoms with van der Waals surface area (Å²) in [5.41, 5.74) is 1.55. The number of rotatable bonds is 2. The highest BCUT2D eigenvalue weighted by atomic mass is 16.6. The summed E-state index contributed by atoms with van der Waals surface area (Å²) in [4.78, 5) is 12.7. The van der Waals surface area contributed by atoms with Crippen molar-refractivity contribution in [3.05, 3.63) is 36.0 Å². The van der Waals surface area contributed by atoms with E-state index >= 15 is 0 Å². The molecule has 2 aliphatic rings. The SMILES string of the molecule is Cn1c(C(=O)O[C@@H]2[C@@H]3CCCO[C@H]3C2(C)C)cc2ccccc21. The van der Waals surface area contributed by atoms with E-state index < -0.39 is 0 Å². The van der Waals surface area contributed by atoms with Gasteiger partial charge in [-0.05, 0) is 25.0 Å². The number of aromatic nitrogens is 1. The van der Waals surface area contributed by atoms with Gasteiger partial charge < -0.3 is 14.0 Å². The Morgan fingerprint density at radius 3 is 2.91 bits per heavy atom. The third kappa shape index (κ3) is 2.12. The normalized spacial score (nSPS) is 28.9. The zero-order chi connectivity index (χ0) is 16.2. The fourth-order valence-electron chi connectivity index (χ4n) is 4.38. The Morgan fingerprint density at radius 1 is 1.35 bits per heavy atom. The minimum atomic E-state index is -0.231. The first-order chi connectivity index (χ1) is 11.0. The molecular weight excluding hydrogens is 290 g/mol. The molecule has 2 heterocycles. The van der Waals surface area contributed by atoms with E-state index in [2.05, 4.69) is 13.8 Å². The van der Waals surface area contributed by atoms with Crippen molar-refractivity contribution in [3.8, 4) is 0 Å². The summed E-state index contributed by atoms with van der Waals surface area (Å²) in [6.45, 7) is 5.10. The van der Waals surface area contributed by atoms with Gasteiger partial charge in [0, 0.05) is 35.9 Å². The first-order valence-electron chi connectivity index (χ1n) is 8.37. The third-order valence-electron chi connectivity index (χ3n) is 5.62. The van der Waals surface area contributed by atoms with Gasteiger partial charge in [-0.1, -0.05) is 32.0 Å². The maximum absolute atomic E-state index is 12.7. The van der Waals surface area contributed by atoms with Crippen LogP contribution in [0, 0.1) is 11.3 Å². The standard InChI is InChI=1S/C19H23NO3/c1-19(2)16-13(8-6-10-22-16)17(19)23-18(21)15-11-12-7-4-5-9-14(12)20(15)3/h4-5,7,9,11,13,16-17H,6,8,10H2,1-3H3/t13-,16-,17-/m1/s1. The maximum atomic E-state index is 12.7. The molecule has 0 amide bonds. The lowest BCUT2D eigenvalue weighted by Crippen LogP contribution is -2.65. The molecule has 1 saturated carbocycles. The fraction of sp³-hybridized carbons (Fsp3) is 0.526. The summed E-state index contributed by atoms with van der Waals surface area (Å²) in [5.74, 6) is 0.114. The minimum Gasteiger partial charge on any atom is -0.457 e. The van der Waals surface area contributed by atoms with Gasteiger partial charge in [0.1, 0.15) is 11.8 Å². The summed E-state index contributed by atoms with van der Waals surface area (Å²) >= 11 is 0. The number of hydrogen-bond donors (Lipinski definition) is 0. The highest BCUT2D eigenvalue weighted by molar-refractivity contribution is 5.95. The number of aryl methyl sites for hydroxylation is 1. The summed E-state index contributed by atoms with van der Waals surface area (Å²) in [7, 11) is 1.91. The first-order valence-corrected chi connectivity index (χ1v) is 8.37. The van der Waals surface area contributed by atoms with Gasteiger partial charge in [0.2, 0.25) is 0 Å². The Morgan fingerprint density at radius 2 is 2.13 bits per heavy atom. The molecule has 0 spiro atoms. The molecule has 4 heteroatoms. The number of carbonyl (C=O) groups excluding carboxylic acids is 1. The molecule has 1 saturated heterocycles. The van der Waals surface area contributed by atoms with Crippen molar-refractivity contribution in [2.45, 2.75) is 38.9 Å². The van der Waals surface area contributed by atoms with Crippen LogP contribution in [0.15, 0.2) is 30.3 Å². The van der Waals surface area contributed by atoms with Gasteiger partial charge in [-0.2, -0.15) is 0 Å². The molecule has 1 aromatic heterocycles. The van der Waals surface area contributed by atoms with Crippen LogP contribution in [0.2, 0.25) is 0 Å². The van der Waals surface area contributed by atoms with Gasteiger partial charge in [0.05, 0.1) is 6.10 Å². The molecule has 4 rings (SSSR count). The Kier molecular flexibility index (Phi) is 3.27. The van der Waals surface area contributed by atoms with Gasteiger partial charge in [0.25, 0.3) is 0 Å². The fourth-order valence-corrected chi connectivity index (χ4v) is 4.38. The van der Waals surface area contributed by atoms with Crippen LogP contribution in [0.1, 0.15) is 37.2 Å². The Bertz CT molecular complexity index is 761. The Labute approximate surface area is 136 Å². The summed E-state index contributed by atoms with van der Waals surface area (Å²) in [6.07, 6.45) is 2.31. The van der Waals surface area contributed by atoms with E-state index in [-0.39, 0.29) is 23.6 Å². The number of carbonyl (C=O) groups is 1. The maximum Gasteiger partial charge on any atom is 0.355 e. The Hall–Kier alpha value is -1.81. The molecule has 0 radical (unpaired) electrons. The molecule has 0 bridgehead atoms. The molecule has 1 aliphatic heterocycles. The first kappa shape index (κ1) is 14.8. The van der Waals surface area contributed by atoms with Crippen LogP contribution in [0.5, 0.6) is 0 Å². The van der Waals surface area contributed by atoms with Crippen LogP contribution >= 0.6 is 0 Å². The lowest BCUT2D eigenvalue weighted by atomic mass is 9.57. The second-order valence-electron chi connectivity index (χ2n) is 7.39. The van der Waals surface area contributed by atoms with Crippen molar-refractivity contribution >= 4 is 16.9 Å². The molecule has 1 aromatic carbocycles. The van der Waals surface area contributed by atoms with Crippen LogP contribution in [0.4, 0.5) is 0 Å². The lowest BCUT2D eigenvalue weighted by Gasteiger charge is -2.58. The van der Waals surface area contributed by atoms with Crippen molar-refractivity contribution in [2.24, 2.45) is 18.4 Å². The van der Waals surface area contributed by atoms with Crippen LogP contribution in [-0.4, -0.2) is 29.4 Å². The largest absolute Gasteiger partial charge is 0.457 e. The monoisotopic (exact) mass is 313 g/mol. The van der Waals surface area contributed by atoms with Gasteiger partial charge >= 0.3 is 5.97 Å². The van der Waals surface area contributed by atoms with Crippen LogP contribution in [0.3, 0.4) is 0 Å². The molecule has 122 valence electrons. The molecular formula is C19H23NO3. The molecule has 3 atom stereocenters. The van der Waals surface area contributed by atoms with Gasteiger partial charge in [-0.15, -0.1) is 0 Å². The van der Waals surface area contributed by atoms with Crippen LogP contribution in [0.25, 0.3) is 10.9 Å². The second-order valence-corrected chi connectivity index (χ2v) is 7.39. The molecule has 4 nitrogen and oxygen atoms in total. The van der Waals surface area contributed by atoms with Crippen molar-refractivity contribution in [2.75, 3.05) is 6.61 Å². The van der Waals surface area contributed by atoms with E-state index in [4.69, 9.17) is 9.47 Å². The van der Waals surface area contributed by atoms with Crippen molar-refractivity contribution in [1.29, 1.82) is 0 Å². The average molecular weight is 313 g/mol. The van der Waals surface area contributed by atoms with Gasteiger partial charge in [0.15, 0.2) is 0 Å². The number of benzene rings is 1. The van der Waals surface area contributed by atoms with E-state index in [0.717, 1.165) is 30.4 Å². The van der Waals surface area contributed by atoms with Crippen LogP contribution in [-0.2, 0) is 16.5 Å². The minimum absolute atomic E-state index is 0.0571. The van der Waals surface area contributed by atoms with Crippen molar-refractivity contribution in [3.63, 3.8) is 0 Å². The highest BCUT2D eigenvalue weighted by Gasteiger charge is 2.60. The number of esters is 1. The molecule has 0 N–H and O–H groups in total. The number of nitrogens with zero attached hydrogens (tertiary/aromatic N) is 1. The summed E-state index contributed by atoms with van der Waals surface area (Å²) in [6, 6.07) is 9.92. The molecule has 2 aromatic rings. The third-order valence-corrected chi connectivity index (χ3v) is 5.62. The second kappa shape index (κ2) is 5.10. The average Bonchev–Trinajstić information content (AvgIpc) is 2.90. The van der Waals surface area contributed by atoms with Gasteiger partial charge in [-0.3, -0.25) is 0 Å². The van der Waals surface area contributed by atoms with Crippen molar-refractivity contribution < 1.29 is 14.3 Å². The predicted molar refractivity (Wildman–Crippen MR) is 88.4 cm³/mol. The van der Waals surface area contributed by atoms with E-state index in [1.54, 1.807) is 0 Å². The quantitative estimate of drug-likeness (QED) is 0.796. The number of ether oxygens (including phenoxy) is 2. The zero-order valence-electron chi connectivity index (χ0n) is 13.9. The topological polar surface area (TPSA) is 40.5 Å². The zero-order valence-corrected chi connectivity index (χ0v) is 13.9. The lowest BCUT2D eigenvalue weighted by molar-refractivity contribution is -0.243. The van der Waals surface area contributed by atoms with E-state index in [1.807, 2.05) is 41.9 Å².